The molecule has 1 unspecified atom stereocenters. The molecule has 0 aromatic carbocycles. The van der Waals surface area contributed by atoms with E-state index in [-0.39, 0.29) is 0 Å². The van der Waals surface area contributed by atoms with E-state index < -0.39 is 0 Å². The lowest BCUT2D eigenvalue weighted by Crippen LogP contribution is -2.26. The maximum absolute atomic E-state index is 4.50. The Morgan fingerprint density at radius 1 is 1.05 bits per heavy atom. The molecule has 0 saturated carbocycles. The molecule has 3 aromatic heterocycles. The molecule has 0 aliphatic carbocycles. The highest BCUT2D eigenvalue weighted by atomic mass is 15.4. The minimum Gasteiger partial charge on any atom is -0.353 e. The maximum atomic E-state index is 4.50. The van der Waals surface area contributed by atoms with Gasteiger partial charge in [0.25, 0.3) is 0 Å². The third-order valence-electron chi connectivity index (χ3n) is 4.01. The van der Waals surface area contributed by atoms with Crippen LogP contribution in [0.15, 0.2) is 31.1 Å². The highest BCUT2D eigenvalue weighted by molar-refractivity contribution is 5.63. The van der Waals surface area contributed by atoms with E-state index in [0.29, 0.717) is 6.04 Å². The molecule has 0 bridgehead atoms. The predicted octanol–water partition coefficient (Wildman–Crippen LogP) is 0.947. The van der Waals surface area contributed by atoms with Crippen molar-refractivity contribution in [3.8, 4) is 0 Å². The van der Waals surface area contributed by atoms with Gasteiger partial charge < -0.3 is 4.90 Å². The molecule has 8 heteroatoms. The van der Waals surface area contributed by atoms with Crippen molar-refractivity contribution in [1.82, 2.24) is 34.6 Å². The van der Waals surface area contributed by atoms with Crippen LogP contribution in [0, 0.1) is 0 Å². The van der Waals surface area contributed by atoms with Crippen LogP contribution in [0.2, 0.25) is 0 Å². The highest BCUT2D eigenvalue weighted by Crippen LogP contribution is 2.25. The lowest BCUT2D eigenvalue weighted by atomic mass is 10.1. The van der Waals surface area contributed by atoms with Gasteiger partial charge in [-0.2, -0.15) is 0 Å². The van der Waals surface area contributed by atoms with E-state index in [9.17, 15) is 0 Å². The molecule has 108 valence electrons. The number of hydrogen-bond donors (Lipinski definition) is 0. The van der Waals surface area contributed by atoms with Crippen LogP contribution in [0.25, 0.3) is 5.65 Å². The summed E-state index contributed by atoms with van der Waals surface area (Å²) in [6, 6.07) is 0.412. The van der Waals surface area contributed by atoms with Crippen LogP contribution in [-0.2, 0) is 0 Å². The third-order valence-corrected chi connectivity index (χ3v) is 4.01. The Hall–Kier alpha value is -2.51. The van der Waals surface area contributed by atoms with Gasteiger partial charge in [0, 0.05) is 31.7 Å². The SMILES string of the molecule is c1cn(C2CCCN(c3nccn4cnnc34)CC2)nn1. The summed E-state index contributed by atoms with van der Waals surface area (Å²) in [7, 11) is 0. The summed E-state index contributed by atoms with van der Waals surface area (Å²) < 4.78 is 3.87. The van der Waals surface area contributed by atoms with Gasteiger partial charge in [0.15, 0.2) is 5.82 Å². The van der Waals surface area contributed by atoms with Crippen molar-refractivity contribution in [3.63, 3.8) is 0 Å². The zero-order valence-corrected chi connectivity index (χ0v) is 11.6. The van der Waals surface area contributed by atoms with Crippen molar-refractivity contribution in [3.05, 3.63) is 31.1 Å². The summed E-state index contributed by atoms with van der Waals surface area (Å²) in [4.78, 5) is 6.79. The Kier molecular flexibility index (Phi) is 2.98. The smallest absolute Gasteiger partial charge is 0.203 e. The molecule has 1 saturated heterocycles. The molecule has 0 N–H and O–H groups in total. The predicted molar refractivity (Wildman–Crippen MR) is 75.9 cm³/mol. The lowest BCUT2D eigenvalue weighted by molar-refractivity contribution is 0.406. The maximum Gasteiger partial charge on any atom is 0.203 e. The van der Waals surface area contributed by atoms with Crippen molar-refractivity contribution >= 4 is 11.5 Å². The summed E-state index contributed by atoms with van der Waals surface area (Å²) >= 11 is 0. The number of aromatic nitrogens is 7. The molecule has 1 aliphatic heterocycles. The fourth-order valence-corrected chi connectivity index (χ4v) is 2.94. The van der Waals surface area contributed by atoms with Gasteiger partial charge in [0.1, 0.15) is 6.33 Å². The van der Waals surface area contributed by atoms with Gasteiger partial charge in [-0.15, -0.1) is 15.3 Å². The Morgan fingerprint density at radius 2 is 2.05 bits per heavy atom. The van der Waals surface area contributed by atoms with Gasteiger partial charge in [0.05, 0.1) is 12.2 Å². The Morgan fingerprint density at radius 3 is 2.95 bits per heavy atom. The molecule has 1 atom stereocenters. The van der Waals surface area contributed by atoms with Gasteiger partial charge >= 0.3 is 0 Å². The van der Waals surface area contributed by atoms with Crippen LogP contribution in [0.5, 0.6) is 0 Å². The second-order valence-corrected chi connectivity index (χ2v) is 5.27. The Bertz CT molecular complexity index is 719. The molecular weight excluding hydrogens is 268 g/mol. The average Bonchev–Trinajstić information content (AvgIpc) is 3.14. The quantitative estimate of drug-likeness (QED) is 0.697. The summed E-state index contributed by atoms with van der Waals surface area (Å²) in [5.74, 6) is 0.911. The van der Waals surface area contributed by atoms with Crippen LogP contribution in [-0.4, -0.2) is 47.7 Å². The molecule has 4 rings (SSSR count). The molecule has 0 spiro atoms. The normalized spacial score (nSPS) is 19.8. The Labute approximate surface area is 121 Å². The van der Waals surface area contributed by atoms with Crippen molar-refractivity contribution in [1.29, 1.82) is 0 Å². The molecule has 8 nitrogen and oxygen atoms in total. The standard InChI is InChI=1S/C13H16N8/c1-2-11(21-9-5-15-18-21)3-7-19(6-1)12-13-17-16-10-20(13)8-4-14-12/h4-5,8-11H,1-3,6-7H2. The summed E-state index contributed by atoms with van der Waals surface area (Å²) in [5, 5.41) is 16.2. The van der Waals surface area contributed by atoms with E-state index >= 15 is 0 Å². The van der Waals surface area contributed by atoms with E-state index in [0.717, 1.165) is 43.8 Å². The number of anilines is 1. The molecular formula is C13H16N8. The van der Waals surface area contributed by atoms with Crippen molar-refractivity contribution in [2.24, 2.45) is 0 Å². The number of nitrogens with zero attached hydrogens (tertiary/aromatic N) is 8. The molecule has 0 amide bonds. The average molecular weight is 284 g/mol. The fraction of sp³-hybridized carbons (Fsp3) is 0.462. The van der Waals surface area contributed by atoms with Crippen LogP contribution >= 0.6 is 0 Å². The highest BCUT2D eigenvalue weighted by Gasteiger charge is 2.21. The number of rotatable bonds is 2. The largest absolute Gasteiger partial charge is 0.353 e. The first kappa shape index (κ1) is 12.2. The molecule has 1 fully saturated rings. The lowest BCUT2D eigenvalue weighted by Gasteiger charge is -2.21. The van der Waals surface area contributed by atoms with Crippen LogP contribution < -0.4 is 4.90 Å². The van der Waals surface area contributed by atoms with Crippen LogP contribution in [0.1, 0.15) is 25.3 Å². The van der Waals surface area contributed by atoms with Crippen LogP contribution in [0.4, 0.5) is 5.82 Å². The monoisotopic (exact) mass is 284 g/mol. The van der Waals surface area contributed by atoms with Gasteiger partial charge in [-0.1, -0.05) is 5.21 Å². The van der Waals surface area contributed by atoms with E-state index in [4.69, 9.17) is 0 Å². The third kappa shape index (κ3) is 2.22. The number of fused-ring (bicyclic) bond motifs is 1. The first-order valence-corrected chi connectivity index (χ1v) is 7.17. The summed E-state index contributed by atoms with van der Waals surface area (Å²) in [6.45, 7) is 1.91. The summed E-state index contributed by atoms with van der Waals surface area (Å²) in [6.07, 6.45) is 12.3. The van der Waals surface area contributed by atoms with Gasteiger partial charge in [-0.25, -0.2) is 9.67 Å². The van der Waals surface area contributed by atoms with Gasteiger partial charge in [-0.05, 0) is 19.3 Å². The minimum absolute atomic E-state index is 0.412. The van der Waals surface area contributed by atoms with E-state index in [1.54, 1.807) is 18.7 Å². The molecule has 4 heterocycles. The molecule has 3 aromatic rings. The van der Waals surface area contributed by atoms with Gasteiger partial charge in [-0.3, -0.25) is 4.40 Å². The topological polar surface area (TPSA) is 77.0 Å². The molecule has 0 radical (unpaired) electrons. The second-order valence-electron chi connectivity index (χ2n) is 5.27. The van der Waals surface area contributed by atoms with E-state index in [1.165, 1.54) is 0 Å². The zero-order valence-electron chi connectivity index (χ0n) is 11.6. The number of hydrogen-bond acceptors (Lipinski definition) is 6. The first-order chi connectivity index (χ1) is 10.4. The second kappa shape index (κ2) is 5.12. The summed E-state index contributed by atoms with van der Waals surface area (Å²) in [5.41, 5.74) is 0.816. The van der Waals surface area contributed by atoms with Crippen molar-refractivity contribution in [2.45, 2.75) is 25.3 Å². The zero-order chi connectivity index (χ0) is 14.1. The fourth-order valence-electron chi connectivity index (χ4n) is 2.94. The first-order valence-electron chi connectivity index (χ1n) is 7.17. The van der Waals surface area contributed by atoms with Crippen molar-refractivity contribution < 1.29 is 0 Å². The molecule has 21 heavy (non-hydrogen) atoms. The Balaban J connectivity index is 1.58. The van der Waals surface area contributed by atoms with Gasteiger partial charge in [0.2, 0.25) is 5.65 Å². The minimum atomic E-state index is 0.412. The molecule has 1 aliphatic rings. The van der Waals surface area contributed by atoms with E-state index in [2.05, 4.69) is 30.4 Å². The van der Waals surface area contributed by atoms with E-state index in [1.807, 2.05) is 21.5 Å². The van der Waals surface area contributed by atoms with Crippen LogP contribution in [0.3, 0.4) is 0 Å². The van der Waals surface area contributed by atoms with Crippen molar-refractivity contribution in [2.75, 3.05) is 18.0 Å².